The van der Waals surface area contributed by atoms with Crippen LogP contribution in [-0.2, 0) is 16.7 Å². The maximum absolute atomic E-state index is 11.1. The van der Waals surface area contributed by atoms with Crippen molar-refractivity contribution >= 4 is 37.0 Å². The van der Waals surface area contributed by atoms with E-state index in [0.29, 0.717) is 5.75 Å². The van der Waals surface area contributed by atoms with Gasteiger partial charge in [0, 0.05) is 29.0 Å². The molecule has 0 spiro atoms. The monoisotopic (exact) mass is 331 g/mol. The summed E-state index contributed by atoms with van der Waals surface area (Å²) in [7, 11) is -3.47. The van der Waals surface area contributed by atoms with E-state index in [0.717, 1.165) is 35.5 Å². The lowest BCUT2D eigenvalue weighted by atomic mass is 10.2. The van der Waals surface area contributed by atoms with E-state index in [1.807, 2.05) is 18.3 Å². The molecule has 1 heterocycles. The number of hydrogen-bond acceptors (Lipinski definition) is 3. The quantitative estimate of drug-likeness (QED) is 0.625. The van der Waals surface area contributed by atoms with Crippen LogP contribution in [0.5, 0.6) is 5.75 Å². The van der Waals surface area contributed by atoms with Crippen molar-refractivity contribution in [2.45, 2.75) is 13.0 Å². The highest BCUT2D eigenvalue weighted by molar-refractivity contribution is 9.09. The predicted molar refractivity (Wildman–Crippen MR) is 75.8 cm³/mol. The largest absolute Gasteiger partial charge is 0.383 e. The zero-order valence-corrected chi connectivity index (χ0v) is 12.4. The third kappa shape index (κ3) is 3.26. The molecule has 4 nitrogen and oxygen atoms in total. The van der Waals surface area contributed by atoms with Crippen LogP contribution in [0.4, 0.5) is 0 Å². The Bertz CT molecular complexity index is 648. The Hall–Kier alpha value is -1.01. The first-order chi connectivity index (χ1) is 8.49. The predicted octanol–water partition coefficient (Wildman–Crippen LogP) is 2.76. The SMILES string of the molecule is CS(=O)(=O)Oc1ccc2c(ccn2CCCBr)c1. The van der Waals surface area contributed by atoms with Crippen LogP contribution >= 0.6 is 15.9 Å². The van der Waals surface area contributed by atoms with Gasteiger partial charge in [0.2, 0.25) is 0 Å². The summed E-state index contributed by atoms with van der Waals surface area (Å²) in [6.07, 6.45) is 4.08. The van der Waals surface area contributed by atoms with Crippen LogP contribution in [0.25, 0.3) is 10.9 Å². The molecular weight excluding hydrogens is 318 g/mol. The Labute approximate surface area is 115 Å². The third-order valence-electron chi connectivity index (χ3n) is 2.52. The van der Waals surface area contributed by atoms with Gasteiger partial charge in [-0.1, -0.05) is 15.9 Å². The molecular formula is C12H14BrNO3S. The molecule has 0 aliphatic heterocycles. The van der Waals surface area contributed by atoms with Gasteiger partial charge in [0.1, 0.15) is 5.75 Å². The molecule has 0 aliphatic rings. The summed E-state index contributed by atoms with van der Waals surface area (Å²) in [5.41, 5.74) is 1.08. The second kappa shape index (κ2) is 5.32. The first kappa shape index (κ1) is 13.4. The van der Waals surface area contributed by atoms with Crippen molar-refractivity contribution in [1.82, 2.24) is 4.57 Å². The molecule has 0 aliphatic carbocycles. The third-order valence-corrected chi connectivity index (χ3v) is 3.58. The number of benzene rings is 1. The maximum atomic E-state index is 11.1. The average molecular weight is 332 g/mol. The van der Waals surface area contributed by atoms with E-state index < -0.39 is 10.1 Å². The van der Waals surface area contributed by atoms with Gasteiger partial charge in [-0.3, -0.25) is 0 Å². The van der Waals surface area contributed by atoms with Crippen molar-refractivity contribution in [2.75, 3.05) is 11.6 Å². The van der Waals surface area contributed by atoms with E-state index in [9.17, 15) is 8.42 Å². The van der Waals surface area contributed by atoms with Gasteiger partial charge in [-0.05, 0) is 30.7 Å². The highest BCUT2D eigenvalue weighted by atomic mass is 79.9. The van der Waals surface area contributed by atoms with Gasteiger partial charge in [0.25, 0.3) is 0 Å². The van der Waals surface area contributed by atoms with E-state index >= 15 is 0 Å². The maximum Gasteiger partial charge on any atom is 0.306 e. The van der Waals surface area contributed by atoms with Crippen molar-refractivity contribution in [3.8, 4) is 5.75 Å². The van der Waals surface area contributed by atoms with Crippen LogP contribution < -0.4 is 4.18 Å². The zero-order chi connectivity index (χ0) is 13.2. The lowest BCUT2D eigenvalue weighted by Crippen LogP contribution is -2.05. The molecule has 0 atom stereocenters. The van der Waals surface area contributed by atoms with E-state index in [2.05, 4.69) is 20.5 Å². The smallest absolute Gasteiger partial charge is 0.306 e. The first-order valence-corrected chi connectivity index (χ1v) is 8.48. The van der Waals surface area contributed by atoms with Crippen molar-refractivity contribution in [1.29, 1.82) is 0 Å². The average Bonchev–Trinajstić information content (AvgIpc) is 2.66. The number of aryl methyl sites for hydroxylation is 1. The highest BCUT2D eigenvalue weighted by Gasteiger charge is 2.07. The van der Waals surface area contributed by atoms with Crippen molar-refractivity contribution in [3.63, 3.8) is 0 Å². The topological polar surface area (TPSA) is 48.3 Å². The van der Waals surface area contributed by atoms with Crippen LogP contribution in [0.15, 0.2) is 30.5 Å². The molecule has 0 unspecified atom stereocenters. The molecule has 6 heteroatoms. The lowest BCUT2D eigenvalue weighted by Gasteiger charge is -2.05. The summed E-state index contributed by atoms with van der Waals surface area (Å²) >= 11 is 3.40. The van der Waals surface area contributed by atoms with Gasteiger partial charge in [-0.15, -0.1) is 0 Å². The van der Waals surface area contributed by atoms with Crippen LogP contribution in [-0.4, -0.2) is 24.6 Å². The van der Waals surface area contributed by atoms with E-state index in [4.69, 9.17) is 4.18 Å². The minimum Gasteiger partial charge on any atom is -0.383 e. The molecule has 0 saturated carbocycles. The normalized spacial score (nSPS) is 11.9. The molecule has 0 radical (unpaired) electrons. The fourth-order valence-corrected chi connectivity index (χ4v) is 2.53. The molecule has 0 saturated heterocycles. The summed E-state index contributed by atoms with van der Waals surface area (Å²) in [6, 6.07) is 7.25. The van der Waals surface area contributed by atoms with Gasteiger partial charge in [0.15, 0.2) is 0 Å². The fourth-order valence-electron chi connectivity index (χ4n) is 1.83. The number of fused-ring (bicyclic) bond motifs is 1. The fraction of sp³-hybridized carbons (Fsp3) is 0.333. The van der Waals surface area contributed by atoms with Gasteiger partial charge in [-0.2, -0.15) is 8.42 Å². The molecule has 0 bridgehead atoms. The van der Waals surface area contributed by atoms with Crippen LogP contribution in [0, 0.1) is 0 Å². The Kier molecular flexibility index (Phi) is 3.97. The number of aromatic nitrogens is 1. The number of nitrogens with zero attached hydrogens (tertiary/aromatic N) is 1. The summed E-state index contributed by atoms with van der Waals surface area (Å²) in [4.78, 5) is 0. The van der Waals surface area contributed by atoms with Crippen molar-refractivity contribution in [2.24, 2.45) is 0 Å². The van der Waals surface area contributed by atoms with Gasteiger partial charge >= 0.3 is 10.1 Å². The van der Waals surface area contributed by atoms with Gasteiger partial charge in [0.05, 0.1) is 6.26 Å². The molecule has 98 valence electrons. The second-order valence-corrected chi connectivity index (χ2v) is 6.43. The molecule has 18 heavy (non-hydrogen) atoms. The Morgan fingerprint density at radius 3 is 2.78 bits per heavy atom. The summed E-state index contributed by atoms with van der Waals surface area (Å²) in [6.45, 7) is 0.932. The lowest BCUT2D eigenvalue weighted by molar-refractivity contribution is 0.493. The summed E-state index contributed by atoms with van der Waals surface area (Å²) in [5, 5.41) is 1.94. The first-order valence-electron chi connectivity index (χ1n) is 5.54. The van der Waals surface area contributed by atoms with E-state index in [1.165, 1.54) is 0 Å². The highest BCUT2D eigenvalue weighted by Crippen LogP contribution is 2.23. The molecule has 0 N–H and O–H groups in total. The molecule has 2 rings (SSSR count). The van der Waals surface area contributed by atoms with Crippen LogP contribution in [0.3, 0.4) is 0 Å². The molecule has 1 aromatic heterocycles. The summed E-state index contributed by atoms with van der Waals surface area (Å²) in [5.74, 6) is 0.350. The van der Waals surface area contributed by atoms with Gasteiger partial charge < -0.3 is 8.75 Å². The number of rotatable bonds is 5. The minimum absolute atomic E-state index is 0.350. The van der Waals surface area contributed by atoms with E-state index in [1.54, 1.807) is 12.1 Å². The Morgan fingerprint density at radius 1 is 1.33 bits per heavy atom. The standard InChI is InChI=1S/C12H14BrNO3S/c1-18(15,16)17-11-3-4-12-10(9-11)5-8-14(12)7-2-6-13/h3-5,8-9H,2,6-7H2,1H3. The zero-order valence-electron chi connectivity index (χ0n) is 9.97. The van der Waals surface area contributed by atoms with E-state index in [-0.39, 0.29) is 0 Å². The molecule has 2 aromatic rings. The van der Waals surface area contributed by atoms with Crippen molar-refractivity contribution in [3.05, 3.63) is 30.5 Å². The number of hydrogen-bond donors (Lipinski definition) is 0. The van der Waals surface area contributed by atoms with Crippen LogP contribution in [0.1, 0.15) is 6.42 Å². The summed E-state index contributed by atoms with van der Waals surface area (Å²) < 4.78 is 29.1. The Balaban J connectivity index is 2.30. The molecule has 1 aromatic carbocycles. The second-order valence-electron chi connectivity index (χ2n) is 4.06. The Morgan fingerprint density at radius 2 is 2.11 bits per heavy atom. The molecule has 0 amide bonds. The van der Waals surface area contributed by atoms with Crippen LogP contribution in [0.2, 0.25) is 0 Å². The number of alkyl halides is 1. The van der Waals surface area contributed by atoms with Crippen molar-refractivity contribution < 1.29 is 12.6 Å². The number of halogens is 1. The van der Waals surface area contributed by atoms with Gasteiger partial charge in [-0.25, -0.2) is 0 Å². The molecule has 0 fully saturated rings. The minimum atomic E-state index is -3.47.